The van der Waals surface area contributed by atoms with Gasteiger partial charge in [0.2, 0.25) is 11.7 Å². The summed E-state index contributed by atoms with van der Waals surface area (Å²) in [7, 11) is 0.279. The van der Waals surface area contributed by atoms with E-state index in [0.29, 0.717) is 30.0 Å². The Hall–Kier alpha value is -2.86. The average molecular weight is 586 g/mol. The van der Waals surface area contributed by atoms with Crippen LogP contribution in [0.15, 0.2) is 30.6 Å². The number of ether oxygens (including phenoxy) is 4. The summed E-state index contributed by atoms with van der Waals surface area (Å²) >= 11 is 0. The van der Waals surface area contributed by atoms with E-state index in [1.165, 1.54) is 7.11 Å². The highest BCUT2D eigenvalue weighted by Gasteiger charge is 2.29. The number of hydrogen-bond donors (Lipinski definition) is 1. The monoisotopic (exact) mass is 585 g/mol. The summed E-state index contributed by atoms with van der Waals surface area (Å²) in [5, 5.41) is 14.7. The molecule has 0 radical (unpaired) electrons. The molecule has 3 heterocycles. The van der Waals surface area contributed by atoms with E-state index in [9.17, 15) is 5.11 Å². The number of nitrogens with zero attached hydrogens (tertiary/aromatic N) is 5. The predicted molar refractivity (Wildman–Crippen MR) is 163 cm³/mol. The molecule has 3 aromatic heterocycles. The van der Waals surface area contributed by atoms with Crippen LogP contribution in [0.1, 0.15) is 46.1 Å². The molecular formula is C30H47N5O5Si. The van der Waals surface area contributed by atoms with Crippen molar-refractivity contribution >= 4 is 8.07 Å². The van der Waals surface area contributed by atoms with E-state index in [1.807, 2.05) is 39.0 Å². The van der Waals surface area contributed by atoms with Gasteiger partial charge in [0, 0.05) is 56.8 Å². The highest BCUT2D eigenvalue weighted by Crippen LogP contribution is 2.28. The van der Waals surface area contributed by atoms with Crippen molar-refractivity contribution in [3.05, 3.63) is 36.2 Å². The fraction of sp³-hybridized carbons (Fsp3) is 0.600. The van der Waals surface area contributed by atoms with Crippen molar-refractivity contribution < 1.29 is 24.1 Å². The maximum absolute atomic E-state index is 10.0. The molecule has 41 heavy (non-hydrogen) atoms. The van der Waals surface area contributed by atoms with Crippen molar-refractivity contribution in [1.29, 1.82) is 0 Å². The Morgan fingerprint density at radius 3 is 2.39 bits per heavy atom. The molecule has 0 aliphatic rings. The van der Waals surface area contributed by atoms with Gasteiger partial charge >= 0.3 is 6.01 Å². The van der Waals surface area contributed by atoms with Crippen LogP contribution in [0.25, 0.3) is 22.6 Å². The van der Waals surface area contributed by atoms with Crippen LogP contribution in [-0.2, 0) is 16.2 Å². The van der Waals surface area contributed by atoms with Gasteiger partial charge in [0.25, 0.3) is 0 Å². The van der Waals surface area contributed by atoms with E-state index >= 15 is 0 Å². The van der Waals surface area contributed by atoms with Crippen LogP contribution < -0.4 is 9.47 Å². The van der Waals surface area contributed by atoms with Gasteiger partial charge in [0.15, 0.2) is 6.29 Å². The second-order valence-corrected chi connectivity index (χ2v) is 17.9. The Bertz CT molecular complexity index is 1240. The molecule has 3 aromatic rings. The van der Waals surface area contributed by atoms with Crippen LogP contribution in [0.2, 0.25) is 25.7 Å². The molecule has 0 saturated carbocycles. The number of pyridine rings is 2. The summed E-state index contributed by atoms with van der Waals surface area (Å²) in [5.41, 5.74) is 2.92. The Labute approximate surface area is 245 Å². The summed E-state index contributed by atoms with van der Waals surface area (Å²) in [6.07, 6.45) is 4.45. The van der Waals surface area contributed by atoms with Crippen LogP contribution >= 0.6 is 0 Å². The zero-order chi connectivity index (χ0) is 30.2. The van der Waals surface area contributed by atoms with Crippen LogP contribution in [0.5, 0.6) is 11.9 Å². The van der Waals surface area contributed by atoms with Crippen molar-refractivity contribution in [3.8, 4) is 34.5 Å². The smallest absolute Gasteiger partial charge is 0.317 e. The maximum Gasteiger partial charge on any atom is 0.317 e. The zero-order valence-corrected chi connectivity index (χ0v) is 27.1. The Morgan fingerprint density at radius 1 is 1.07 bits per heavy atom. The largest absolute Gasteiger partial charge is 0.477 e. The minimum atomic E-state index is -1.19. The topological polar surface area (TPSA) is 114 Å². The Morgan fingerprint density at radius 2 is 1.80 bits per heavy atom. The molecule has 3 rings (SSSR count). The number of rotatable bonds is 16. The van der Waals surface area contributed by atoms with Crippen LogP contribution in [0, 0.1) is 12.3 Å². The molecule has 226 valence electrons. The molecule has 1 unspecified atom stereocenters. The molecule has 0 bridgehead atoms. The molecule has 0 spiro atoms. The first-order valence-electron chi connectivity index (χ1n) is 14.3. The van der Waals surface area contributed by atoms with E-state index in [0.717, 1.165) is 35.6 Å². The molecule has 0 saturated heterocycles. The summed E-state index contributed by atoms with van der Waals surface area (Å²) < 4.78 is 24.7. The highest BCUT2D eigenvalue weighted by molar-refractivity contribution is 6.76. The first kappa shape index (κ1) is 32.6. The molecular weight excluding hydrogens is 538 g/mol. The van der Waals surface area contributed by atoms with E-state index in [4.69, 9.17) is 18.9 Å². The van der Waals surface area contributed by atoms with E-state index < -0.39 is 19.8 Å². The summed E-state index contributed by atoms with van der Waals surface area (Å²) in [6, 6.07) is 7.30. The lowest BCUT2D eigenvalue weighted by Crippen LogP contribution is -2.36. The standard InChI is InChI=1S/C30H47N5O5Si/c1-10-23(11-2)40-29-33-27(34-35(29)20-38-14-15-41(7,8)9)25-13-12-22(17-31-25)24-18-32-26(16-21(24)3)39-19-30(4,5)28(36)37-6/h12-13,16-18,23,28,36H,10-11,14-15,19-20H2,1-9H3. The lowest BCUT2D eigenvalue weighted by atomic mass is 9.94. The highest BCUT2D eigenvalue weighted by atomic mass is 28.3. The van der Waals surface area contributed by atoms with Gasteiger partial charge in [-0.1, -0.05) is 53.4 Å². The van der Waals surface area contributed by atoms with Gasteiger partial charge < -0.3 is 24.1 Å². The maximum atomic E-state index is 10.0. The van der Waals surface area contributed by atoms with Gasteiger partial charge in [-0.15, -0.1) is 5.10 Å². The van der Waals surface area contributed by atoms with E-state index in [2.05, 4.69) is 53.5 Å². The molecule has 1 N–H and O–H groups in total. The SMILES string of the molecule is CCC(CC)Oc1nc(-c2ccc(-c3cnc(OCC(C)(C)C(O)OC)cc3C)cn2)nn1COCC[Si](C)(C)C. The van der Waals surface area contributed by atoms with Gasteiger partial charge in [0.1, 0.15) is 18.5 Å². The van der Waals surface area contributed by atoms with Crippen LogP contribution in [0.3, 0.4) is 0 Å². The summed E-state index contributed by atoms with van der Waals surface area (Å²) in [4.78, 5) is 13.8. The van der Waals surface area contributed by atoms with Crippen LogP contribution in [0.4, 0.5) is 0 Å². The van der Waals surface area contributed by atoms with Crippen LogP contribution in [-0.4, -0.2) is 70.6 Å². The molecule has 1 atom stereocenters. The molecule has 11 heteroatoms. The molecule has 0 aliphatic carbocycles. The second kappa shape index (κ2) is 14.3. The van der Waals surface area contributed by atoms with Gasteiger partial charge in [-0.3, -0.25) is 4.98 Å². The molecule has 0 amide bonds. The lowest BCUT2D eigenvalue weighted by molar-refractivity contribution is -0.155. The molecule has 10 nitrogen and oxygen atoms in total. The molecule has 0 aromatic carbocycles. The summed E-state index contributed by atoms with van der Waals surface area (Å²) in [6.45, 7) is 18.2. The van der Waals surface area contributed by atoms with Crippen molar-refractivity contribution in [2.24, 2.45) is 5.41 Å². The van der Waals surface area contributed by atoms with Gasteiger partial charge in [-0.2, -0.15) is 9.67 Å². The number of aliphatic hydroxyl groups excluding tert-OH is 1. The minimum absolute atomic E-state index is 0.0571. The van der Waals surface area contributed by atoms with Crippen molar-refractivity contribution in [2.75, 3.05) is 20.3 Å². The Kier molecular flexibility index (Phi) is 11.4. The lowest BCUT2D eigenvalue weighted by Gasteiger charge is -2.28. The predicted octanol–water partition coefficient (Wildman–Crippen LogP) is 5.96. The zero-order valence-electron chi connectivity index (χ0n) is 26.1. The fourth-order valence-corrected chi connectivity index (χ4v) is 4.75. The third-order valence-electron chi connectivity index (χ3n) is 6.90. The Balaban J connectivity index is 1.75. The van der Waals surface area contributed by atoms with E-state index in [1.54, 1.807) is 17.1 Å². The van der Waals surface area contributed by atoms with Crippen molar-refractivity contribution in [1.82, 2.24) is 24.7 Å². The average Bonchev–Trinajstić information content (AvgIpc) is 3.34. The van der Waals surface area contributed by atoms with Gasteiger partial charge in [-0.05, 0) is 37.4 Å². The van der Waals surface area contributed by atoms with Crippen molar-refractivity contribution in [3.63, 3.8) is 0 Å². The minimum Gasteiger partial charge on any atom is -0.477 e. The number of hydrogen-bond acceptors (Lipinski definition) is 9. The van der Waals surface area contributed by atoms with Gasteiger partial charge in [0.05, 0.1) is 6.61 Å². The van der Waals surface area contributed by atoms with E-state index in [-0.39, 0.29) is 19.4 Å². The quantitative estimate of drug-likeness (QED) is 0.124. The molecule has 0 aliphatic heterocycles. The van der Waals surface area contributed by atoms with Gasteiger partial charge in [-0.25, -0.2) is 4.98 Å². The third-order valence-corrected chi connectivity index (χ3v) is 8.61. The number of aliphatic hydroxyl groups is 1. The number of aryl methyl sites for hydroxylation is 1. The fourth-order valence-electron chi connectivity index (χ4n) is 3.99. The molecule has 0 fully saturated rings. The number of methoxy groups -OCH3 is 1. The number of aromatic nitrogens is 5. The second-order valence-electron chi connectivity index (χ2n) is 12.3. The summed E-state index contributed by atoms with van der Waals surface area (Å²) in [5.74, 6) is 0.977. The third kappa shape index (κ3) is 9.32. The van der Waals surface area contributed by atoms with Crippen molar-refractivity contribution in [2.45, 2.75) is 92.3 Å². The normalized spacial score (nSPS) is 13.0. The first-order chi connectivity index (χ1) is 19.4. The first-order valence-corrected chi connectivity index (χ1v) is 18.0.